The number of rotatable bonds is 7. The van der Waals surface area contributed by atoms with E-state index in [1.165, 1.54) is 4.90 Å². The normalized spacial score (nSPS) is 18.1. The third kappa shape index (κ3) is 4.68. The van der Waals surface area contributed by atoms with Crippen LogP contribution >= 0.6 is 0 Å². The zero-order valence-corrected chi connectivity index (χ0v) is 18.0. The van der Waals surface area contributed by atoms with Gasteiger partial charge < -0.3 is 15.1 Å². The van der Waals surface area contributed by atoms with Crippen LogP contribution in [0.5, 0.6) is 0 Å². The lowest BCUT2D eigenvalue weighted by molar-refractivity contribution is -0.140. The number of carboxylic acids is 1. The van der Waals surface area contributed by atoms with E-state index in [1.54, 1.807) is 12.1 Å². The van der Waals surface area contributed by atoms with Gasteiger partial charge in [0.2, 0.25) is 0 Å². The third-order valence-electron chi connectivity index (χ3n) is 5.57. The molecule has 1 aliphatic rings. The number of carboxylic acid groups (broad SMARTS) is 1. The minimum Gasteiger partial charge on any atom is -0.507 e. The maximum atomic E-state index is 12.9. The fourth-order valence-electron chi connectivity index (χ4n) is 3.79. The highest BCUT2D eigenvalue weighted by atomic mass is 16.4. The number of aliphatic carboxylic acids is 1. The van der Waals surface area contributed by atoms with Crippen LogP contribution in [-0.4, -0.2) is 39.3 Å². The van der Waals surface area contributed by atoms with E-state index < -0.39 is 23.7 Å². The lowest BCUT2D eigenvalue weighted by Crippen LogP contribution is -2.31. The number of carbonyl (C=O) groups is 3. The third-order valence-corrected chi connectivity index (χ3v) is 5.57. The zero-order chi connectivity index (χ0) is 22.7. The first-order valence-electron chi connectivity index (χ1n) is 10.4. The van der Waals surface area contributed by atoms with Gasteiger partial charge in [0.25, 0.3) is 11.7 Å². The second-order valence-electron chi connectivity index (χ2n) is 8.18. The smallest absolute Gasteiger partial charge is 0.303 e. The molecule has 1 saturated heterocycles. The Labute approximate surface area is 181 Å². The highest BCUT2D eigenvalue weighted by Crippen LogP contribution is 2.39. The van der Waals surface area contributed by atoms with Gasteiger partial charge >= 0.3 is 5.97 Å². The van der Waals surface area contributed by atoms with Crippen LogP contribution in [0.15, 0.2) is 54.1 Å². The van der Waals surface area contributed by atoms with Gasteiger partial charge in [0.1, 0.15) is 5.76 Å². The molecule has 162 valence electrons. The number of Topliss-reactive ketones (excluding diaryl/α,β-unsaturated/α-hetero) is 1. The summed E-state index contributed by atoms with van der Waals surface area (Å²) in [6.45, 7) is 6.18. The van der Waals surface area contributed by atoms with Crippen LogP contribution in [0.3, 0.4) is 0 Å². The van der Waals surface area contributed by atoms with E-state index in [0.29, 0.717) is 17.0 Å². The minimum absolute atomic E-state index is 0.0291. The van der Waals surface area contributed by atoms with Gasteiger partial charge in [-0.25, -0.2) is 0 Å². The van der Waals surface area contributed by atoms with Gasteiger partial charge in [0.15, 0.2) is 0 Å². The first-order valence-corrected chi connectivity index (χ1v) is 10.4. The van der Waals surface area contributed by atoms with Gasteiger partial charge in [-0.2, -0.15) is 0 Å². The van der Waals surface area contributed by atoms with E-state index >= 15 is 0 Å². The Hall–Kier alpha value is -3.41. The number of hydrogen-bond donors (Lipinski definition) is 2. The Morgan fingerprint density at radius 1 is 1.00 bits per heavy atom. The molecule has 0 aromatic heterocycles. The van der Waals surface area contributed by atoms with Crippen molar-refractivity contribution in [2.75, 3.05) is 6.54 Å². The molecule has 0 radical (unpaired) electrons. The molecular weight excluding hydrogens is 394 g/mol. The van der Waals surface area contributed by atoms with E-state index in [2.05, 4.69) is 13.8 Å². The monoisotopic (exact) mass is 421 g/mol. The van der Waals surface area contributed by atoms with Crippen molar-refractivity contribution in [3.63, 3.8) is 0 Å². The molecule has 0 saturated carbocycles. The average Bonchev–Trinajstić information content (AvgIpc) is 2.98. The van der Waals surface area contributed by atoms with Crippen molar-refractivity contribution in [1.29, 1.82) is 0 Å². The van der Waals surface area contributed by atoms with E-state index in [0.717, 1.165) is 11.1 Å². The number of benzene rings is 2. The fourth-order valence-corrected chi connectivity index (χ4v) is 3.79. The molecule has 6 nitrogen and oxygen atoms in total. The Kier molecular flexibility index (Phi) is 6.59. The molecular formula is C25H27NO5. The quantitative estimate of drug-likeness (QED) is 0.392. The van der Waals surface area contributed by atoms with Crippen molar-refractivity contribution >= 4 is 23.4 Å². The summed E-state index contributed by atoms with van der Waals surface area (Å²) < 4.78 is 0. The lowest BCUT2D eigenvalue weighted by atomic mass is 9.93. The van der Waals surface area contributed by atoms with Crippen molar-refractivity contribution in [3.05, 3.63) is 76.4 Å². The average molecular weight is 421 g/mol. The number of likely N-dealkylation sites (tertiary alicyclic amines) is 1. The molecule has 0 unspecified atom stereocenters. The van der Waals surface area contributed by atoms with E-state index in [9.17, 15) is 19.5 Å². The predicted molar refractivity (Wildman–Crippen MR) is 118 cm³/mol. The number of amides is 1. The second kappa shape index (κ2) is 9.16. The van der Waals surface area contributed by atoms with Gasteiger partial charge in [-0.1, -0.05) is 67.9 Å². The number of nitrogens with zero attached hydrogens (tertiary/aromatic N) is 1. The van der Waals surface area contributed by atoms with Crippen molar-refractivity contribution in [2.45, 2.75) is 45.6 Å². The highest BCUT2D eigenvalue weighted by Gasteiger charge is 2.45. The van der Waals surface area contributed by atoms with Crippen LogP contribution in [-0.2, 0) is 14.4 Å². The molecule has 3 rings (SSSR count). The molecule has 1 heterocycles. The molecule has 6 heteroatoms. The zero-order valence-electron chi connectivity index (χ0n) is 18.0. The molecule has 2 aromatic carbocycles. The summed E-state index contributed by atoms with van der Waals surface area (Å²) in [6, 6.07) is 13.9. The molecule has 0 spiro atoms. The van der Waals surface area contributed by atoms with Crippen LogP contribution < -0.4 is 0 Å². The summed E-state index contributed by atoms with van der Waals surface area (Å²) in [5.74, 6) is -2.35. The van der Waals surface area contributed by atoms with Crippen LogP contribution in [0.2, 0.25) is 0 Å². The second-order valence-corrected chi connectivity index (χ2v) is 8.18. The van der Waals surface area contributed by atoms with Gasteiger partial charge in [0.05, 0.1) is 11.6 Å². The first kappa shape index (κ1) is 22.3. The summed E-state index contributed by atoms with van der Waals surface area (Å²) in [7, 11) is 0. The Morgan fingerprint density at radius 3 is 2.16 bits per heavy atom. The summed E-state index contributed by atoms with van der Waals surface area (Å²) >= 11 is 0. The van der Waals surface area contributed by atoms with Gasteiger partial charge in [-0.15, -0.1) is 0 Å². The van der Waals surface area contributed by atoms with E-state index in [4.69, 9.17) is 5.11 Å². The largest absolute Gasteiger partial charge is 0.507 e. The Balaban J connectivity index is 2.09. The standard InChI is InChI=1S/C25H27NO5/c1-15(2)17-10-12-18(13-11-17)22-21(23(29)19-8-6-16(3)7-9-19)24(30)25(31)26(22)14-4-5-20(27)28/h6-13,15,22,29H,4-5,14H2,1-3H3,(H,27,28)/t22-/m0/s1. The van der Waals surface area contributed by atoms with Gasteiger partial charge in [-0.3, -0.25) is 14.4 Å². The summed E-state index contributed by atoms with van der Waals surface area (Å²) in [6.07, 6.45) is 0.105. The SMILES string of the molecule is Cc1ccc(C(O)=C2C(=O)C(=O)N(CCCC(=O)O)[C@H]2c2ccc(C(C)C)cc2)cc1. The fraction of sp³-hybridized carbons (Fsp3) is 0.320. The van der Waals surface area contributed by atoms with Crippen LogP contribution in [0.4, 0.5) is 0 Å². The minimum atomic E-state index is -0.964. The van der Waals surface area contributed by atoms with Crippen molar-refractivity contribution < 1.29 is 24.6 Å². The molecule has 31 heavy (non-hydrogen) atoms. The highest BCUT2D eigenvalue weighted by molar-refractivity contribution is 6.46. The Morgan fingerprint density at radius 2 is 1.61 bits per heavy atom. The Bertz CT molecular complexity index is 1020. The molecule has 2 aromatic rings. The number of ketones is 1. The maximum absolute atomic E-state index is 12.9. The van der Waals surface area contributed by atoms with Crippen LogP contribution in [0, 0.1) is 6.92 Å². The topological polar surface area (TPSA) is 94.9 Å². The predicted octanol–water partition coefficient (Wildman–Crippen LogP) is 4.40. The van der Waals surface area contributed by atoms with Crippen molar-refractivity contribution in [1.82, 2.24) is 4.90 Å². The molecule has 2 N–H and O–H groups in total. The van der Waals surface area contributed by atoms with E-state index in [1.807, 2.05) is 43.3 Å². The van der Waals surface area contributed by atoms with Crippen LogP contribution in [0.1, 0.15) is 60.9 Å². The molecule has 1 atom stereocenters. The number of carbonyl (C=O) groups excluding carboxylic acids is 2. The number of aryl methyl sites for hydroxylation is 1. The van der Waals surface area contributed by atoms with Gasteiger partial charge in [-0.05, 0) is 30.4 Å². The lowest BCUT2D eigenvalue weighted by Gasteiger charge is -2.25. The van der Waals surface area contributed by atoms with Crippen molar-refractivity contribution in [3.8, 4) is 0 Å². The van der Waals surface area contributed by atoms with Crippen LogP contribution in [0.25, 0.3) is 5.76 Å². The molecule has 0 aliphatic carbocycles. The van der Waals surface area contributed by atoms with Gasteiger partial charge in [0, 0.05) is 18.5 Å². The van der Waals surface area contributed by atoms with E-state index in [-0.39, 0.29) is 30.7 Å². The molecule has 1 fully saturated rings. The first-order chi connectivity index (χ1) is 14.7. The molecule has 1 aliphatic heterocycles. The maximum Gasteiger partial charge on any atom is 0.303 e. The van der Waals surface area contributed by atoms with Crippen molar-refractivity contribution in [2.24, 2.45) is 0 Å². The summed E-state index contributed by atoms with van der Waals surface area (Å²) in [5, 5.41) is 20.0. The molecule has 0 bridgehead atoms. The number of aliphatic hydroxyl groups is 1. The number of hydrogen-bond acceptors (Lipinski definition) is 4. The summed E-state index contributed by atoms with van der Waals surface area (Å²) in [4.78, 5) is 38.1. The molecule has 1 amide bonds. The number of aliphatic hydroxyl groups excluding tert-OH is 1. The summed E-state index contributed by atoms with van der Waals surface area (Å²) in [5.41, 5.74) is 3.31.